The predicted molar refractivity (Wildman–Crippen MR) is 80.7 cm³/mol. The van der Waals surface area contributed by atoms with Crippen LogP contribution < -0.4 is 0 Å². The molecule has 3 nitrogen and oxygen atoms in total. The zero-order chi connectivity index (χ0) is 14.9. The summed E-state index contributed by atoms with van der Waals surface area (Å²) in [4.78, 5) is 16.8. The number of hydrogen-bond acceptors (Lipinski definition) is 3. The Kier molecular flexibility index (Phi) is 4.14. The lowest BCUT2D eigenvalue weighted by Gasteiger charge is -2.10. The van der Waals surface area contributed by atoms with Gasteiger partial charge in [0.2, 0.25) is 0 Å². The van der Waals surface area contributed by atoms with Crippen LogP contribution in [0.2, 0.25) is 0 Å². The summed E-state index contributed by atoms with van der Waals surface area (Å²) in [5.74, 6) is -0.929. The lowest BCUT2D eigenvalue weighted by Crippen LogP contribution is -2.05. The number of carbonyl (C=O) groups is 1. The number of hydrogen-bond donors (Lipinski definition) is 1. The van der Waals surface area contributed by atoms with Crippen LogP contribution in [0.3, 0.4) is 0 Å². The van der Waals surface area contributed by atoms with Gasteiger partial charge >= 0.3 is 5.97 Å². The summed E-state index contributed by atoms with van der Waals surface area (Å²) in [5, 5.41) is 9.91. The highest BCUT2D eigenvalue weighted by atomic mass is 32.2. The van der Waals surface area contributed by atoms with Gasteiger partial charge in [-0.05, 0) is 62.6 Å². The van der Waals surface area contributed by atoms with Crippen molar-refractivity contribution < 1.29 is 9.90 Å². The molecule has 2 rings (SSSR count). The van der Waals surface area contributed by atoms with Gasteiger partial charge in [-0.1, -0.05) is 17.8 Å². The van der Waals surface area contributed by atoms with Crippen LogP contribution in [0.15, 0.2) is 34.2 Å². The summed E-state index contributed by atoms with van der Waals surface area (Å²) >= 11 is 1.40. The fourth-order valence-corrected chi connectivity index (χ4v) is 3.16. The molecule has 0 spiro atoms. The van der Waals surface area contributed by atoms with Gasteiger partial charge in [0.1, 0.15) is 5.03 Å². The van der Waals surface area contributed by atoms with Crippen LogP contribution in [-0.4, -0.2) is 16.1 Å². The monoisotopic (exact) mass is 287 g/mol. The number of aromatic nitrogens is 1. The maximum Gasteiger partial charge on any atom is 0.338 e. The van der Waals surface area contributed by atoms with Crippen molar-refractivity contribution in [2.75, 3.05) is 0 Å². The Bertz CT molecular complexity index is 680. The smallest absolute Gasteiger partial charge is 0.338 e. The van der Waals surface area contributed by atoms with Crippen molar-refractivity contribution in [3.05, 3.63) is 52.2 Å². The van der Waals surface area contributed by atoms with Gasteiger partial charge in [0.25, 0.3) is 0 Å². The number of pyridine rings is 1. The Hall–Kier alpha value is -1.81. The Morgan fingerprint density at radius 1 is 1.05 bits per heavy atom. The van der Waals surface area contributed by atoms with Crippen LogP contribution in [-0.2, 0) is 0 Å². The summed E-state index contributed by atoms with van der Waals surface area (Å²) in [6.45, 7) is 7.79. The second-order valence-electron chi connectivity index (χ2n) is 4.91. The third-order valence-corrected chi connectivity index (χ3v) is 4.20. The summed E-state index contributed by atoms with van der Waals surface area (Å²) in [5.41, 5.74) is 4.28. The zero-order valence-electron chi connectivity index (χ0n) is 12.0. The first-order chi connectivity index (χ1) is 9.38. The van der Waals surface area contributed by atoms with E-state index in [0.29, 0.717) is 10.6 Å². The first-order valence-electron chi connectivity index (χ1n) is 6.35. The third kappa shape index (κ3) is 3.02. The molecule has 0 aliphatic carbocycles. The van der Waals surface area contributed by atoms with E-state index in [1.165, 1.54) is 22.9 Å². The quantitative estimate of drug-likeness (QED) is 0.920. The number of rotatable bonds is 3. The van der Waals surface area contributed by atoms with Gasteiger partial charge < -0.3 is 5.11 Å². The van der Waals surface area contributed by atoms with Crippen molar-refractivity contribution in [1.82, 2.24) is 4.98 Å². The Labute approximate surface area is 123 Å². The average molecular weight is 287 g/mol. The van der Waals surface area contributed by atoms with Gasteiger partial charge in [0.15, 0.2) is 0 Å². The highest BCUT2D eigenvalue weighted by Gasteiger charge is 2.16. The van der Waals surface area contributed by atoms with Crippen LogP contribution in [0.25, 0.3) is 0 Å². The molecule has 0 aliphatic heterocycles. The molecule has 1 heterocycles. The van der Waals surface area contributed by atoms with Crippen LogP contribution in [0.5, 0.6) is 0 Å². The molecule has 1 N–H and O–H groups in total. The molecule has 20 heavy (non-hydrogen) atoms. The van der Waals surface area contributed by atoms with Crippen molar-refractivity contribution >= 4 is 17.7 Å². The molecular weight excluding hydrogens is 270 g/mol. The zero-order valence-corrected chi connectivity index (χ0v) is 12.8. The molecule has 0 fully saturated rings. The average Bonchev–Trinajstić information content (AvgIpc) is 2.32. The number of carboxylic acid groups (broad SMARTS) is 1. The summed E-state index contributed by atoms with van der Waals surface area (Å²) in [7, 11) is 0. The van der Waals surface area contributed by atoms with E-state index in [1.54, 1.807) is 6.07 Å². The summed E-state index contributed by atoms with van der Waals surface area (Å²) in [6, 6.07) is 7.90. The van der Waals surface area contributed by atoms with Crippen molar-refractivity contribution in [3.63, 3.8) is 0 Å². The lowest BCUT2D eigenvalue weighted by molar-refractivity contribution is 0.0691. The minimum Gasteiger partial charge on any atom is -0.478 e. The number of aromatic carboxylic acids is 1. The number of aryl methyl sites for hydroxylation is 4. The largest absolute Gasteiger partial charge is 0.478 e. The molecule has 0 saturated heterocycles. The SMILES string of the molecule is Cc1cc(C)c(C(=O)O)c(Sc2ccc(C)c(C)c2)n1. The van der Waals surface area contributed by atoms with E-state index >= 15 is 0 Å². The highest BCUT2D eigenvalue weighted by molar-refractivity contribution is 7.99. The molecule has 4 heteroatoms. The van der Waals surface area contributed by atoms with Gasteiger partial charge in [-0.2, -0.15) is 0 Å². The minimum absolute atomic E-state index is 0.291. The fraction of sp³-hybridized carbons (Fsp3) is 0.250. The van der Waals surface area contributed by atoms with Gasteiger partial charge in [0, 0.05) is 10.6 Å². The van der Waals surface area contributed by atoms with E-state index < -0.39 is 5.97 Å². The van der Waals surface area contributed by atoms with Crippen LogP contribution in [0.1, 0.15) is 32.7 Å². The summed E-state index contributed by atoms with van der Waals surface area (Å²) in [6.07, 6.45) is 0. The topological polar surface area (TPSA) is 50.2 Å². The van der Waals surface area contributed by atoms with Crippen molar-refractivity contribution in [2.24, 2.45) is 0 Å². The van der Waals surface area contributed by atoms with E-state index in [2.05, 4.69) is 18.0 Å². The minimum atomic E-state index is -0.929. The van der Waals surface area contributed by atoms with Gasteiger partial charge in [-0.3, -0.25) is 0 Å². The maximum atomic E-state index is 11.4. The predicted octanol–water partition coefficient (Wildman–Crippen LogP) is 4.16. The first kappa shape index (κ1) is 14.6. The molecule has 1 aromatic heterocycles. The first-order valence-corrected chi connectivity index (χ1v) is 7.17. The highest BCUT2D eigenvalue weighted by Crippen LogP contribution is 2.31. The van der Waals surface area contributed by atoms with Gasteiger partial charge in [-0.25, -0.2) is 9.78 Å². The van der Waals surface area contributed by atoms with Crippen molar-refractivity contribution in [2.45, 2.75) is 37.6 Å². The molecule has 0 saturated carbocycles. The molecule has 2 aromatic rings. The van der Waals surface area contributed by atoms with Gasteiger partial charge in [0.05, 0.1) is 5.56 Å². The van der Waals surface area contributed by atoms with Crippen LogP contribution in [0.4, 0.5) is 0 Å². The van der Waals surface area contributed by atoms with Gasteiger partial charge in [-0.15, -0.1) is 0 Å². The second kappa shape index (κ2) is 5.67. The second-order valence-corrected chi connectivity index (χ2v) is 5.98. The molecule has 0 aliphatic rings. The van der Waals surface area contributed by atoms with E-state index in [4.69, 9.17) is 0 Å². The molecular formula is C16H17NO2S. The molecule has 0 amide bonds. The van der Waals surface area contributed by atoms with E-state index in [-0.39, 0.29) is 0 Å². The molecule has 0 bridgehead atoms. The normalized spacial score (nSPS) is 10.6. The molecule has 104 valence electrons. The van der Waals surface area contributed by atoms with E-state index in [1.807, 2.05) is 32.9 Å². The Balaban J connectivity index is 2.47. The van der Waals surface area contributed by atoms with Crippen LogP contribution >= 0.6 is 11.8 Å². The number of benzene rings is 1. The standard InChI is InChI=1S/C16H17NO2S/c1-9-5-6-13(8-10(9)2)20-15-14(16(18)19)11(3)7-12(4)17-15/h5-8H,1-4H3,(H,18,19). The van der Waals surface area contributed by atoms with Crippen molar-refractivity contribution in [3.8, 4) is 0 Å². The van der Waals surface area contributed by atoms with Crippen LogP contribution in [0, 0.1) is 27.7 Å². The van der Waals surface area contributed by atoms with Crippen molar-refractivity contribution in [1.29, 1.82) is 0 Å². The number of nitrogens with zero attached hydrogens (tertiary/aromatic N) is 1. The molecule has 1 aromatic carbocycles. The molecule has 0 atom stereocenters. The van der Waals surface area contributed by atoms with E-state index in [9.17, 15) is 9.90 Å². The molecule has 0 unspecified atom stereocenters. The molecule has 0 radical (unpaired) electrons. The summed E-state index contributed by atoms with van der Waals surface area (Å²) < 4.78 is 0. The fourth-order valence-electron chi connectivity index (χ4n) is 2.03. The maximum absolute atomic E-state index is 11.4. The third-order valence-electron chi connectivity index (χ3n) is 3.22. The number of carboxylic acids is 1. The Morgan fingerprint density at radius 3 is 2.35 bits per heavy atom. The van der Waals surface area contributed by atoms with E-state index in [0.717, 1.165) is 16.2 Å². The Morgan fingerprint density at radius 2 is 1.75 bits per heavy atom. The lowest BCUT2D eigenvalue weighted by atomic mass is 10.1.